The number of fused-ring (bicyclic) bond motifs is 1. The SMILES string of the molecule is C=CC(C)(O)CCC=C(C)C(=O)OCC1OC(c2c(O)cc3oc(-c4ccc(O)cc4)cc(=O)c3c2O)C(O)C(O)C1O. The van der Waals surface area contributed by atoms with Gasteiger partial charge in [-0.1, -0.05) is 12.2 Å². The highest BCUT2D eigenvalue weighted by atomic mass is 16.6. The average molecular weight is 599 g/mol. The van der Waals surface area contributed by atoms with E-state index >= 15 is 0 Å². The number of hydrogen-bond donors (Lipinski definition) is 7. The summed E-state index contributed by atoms with van der Waals surface area (Å²) >= 11 is 0. The molecule has 0 radical (unpaired) electrons. The van der Waals surface area contributed by atoms with Crippen molar-refractivity contribution in [3.05, 3.63) is 76.5 Å². The summed E-state index contributed by atoms with van der Waals surface area (Å²) in [5.41, 5.74) is -1.79. The van der Waals surface area contributed by atoms with Crippen LogP contribution in [0.25, 0.3) is 22.3 Å². The normalized spacial score (nSPS) is 24.0. The zero-order valence-corrected chi connectivity index (χ0v) is 23.5. The van der Waals surface area contributed by atoms with Crippen LogP contribution < -0.4 is 5.43 Å². The van der Waals surface area contributed by atoms with Crippen LogP contribution in [-0.2, 0) is 14.3 Å². The van der Waals surface area contributed by atoms with Gasteiger partial charge in [0, 0.05) is 23.3 Å². The van der Waals surface area contributed by atoms with Crippen LogP contribution in [0, 0.1) is 0 Å². The molecule has 1 saturated heterocycles. The Morgan fingerprint density at radius 3 is 2.40 bits per heavy atom. The number of carbonyl (C=O) groups is 1. The van der Waals surface area contributed by atoms with Crippen molar-refractivity contribution in [2.75, 3.05) is 6.61 Å². The van der Waals surface area contributed by atoms with E-state index in [0.717, 1.165) is 12.1 Å². The molecule has 0 saturated carbocycles. The average Bonchev–Trinajstić information content (AvgIpc) is 2.96. The summed E-state index contributed by atoms with van der Waals surface area (Å²) in [5.74, 6) is -2.09. The zero-order chi connectivity index (χ0) is 31.6. The van der Waals surface area contributed by atoms with Crippen molar-refractivity contribution >= 4 is 16.9 Å². The lowest BCUT2D eigenvalue weighted by atomic mass is 9.89. The van der Waals surface area contributed by atoms with Crippen LogP contribution in [0.5, 0.6) is 17.2 Å². The lowest BCUT2D eigenvalue weighted by Crippen LogP contribution is -2.55. The molecule has 7 N–H and O–H groups in total. The first kappa shape index (κ1) is 31.7. The maximum atomic E-state index is 13.0. The third kappa shape index (κ3) is 6.74. The molecule has 4 rings (SSSR count). The third-order valence-electron chi connectivity index (χ3n) is 7.40. The van der Waals surface area contributed by atoms with Crippen molar-refractivity contribution in [2.45, 2.75) is 62.8 Å². The lowest BCUT2D eigenvalue weighted by molar-refractivity contribution is -0.234. The molecule has 43 heavy (non-hydrogen) atoms. The molecule has 12 nitrogen and oxygen atoms in total. The van der Waals surface area contributed by atoms with Crippen LogP contribution in [0.1, 0.15) is 38.4 Å². The van der Waals surface area contributed by atoms with E-state index in [1.54, 1.807) is 13.0 Å². The second-order valence-corrected chi connectivity index (χ2v) is 10.7. The number of ether oxygens (including phenoxy) is 2. The van der Waals surface area contributed by atoms with Gasteiger partial charge in [0.05, 0.1) is 11.2 Å². The molecule has 6 atom stereocenters. The minimum atomic E-state index is -1.86. The summed E-state index contributed by atoms with van der Waals surface area (Å²) in [5, 5.41) is 72.8. The molecular weight excluding hydrogens is 564 g/mol. The number of aliphatic hydroxyl groups is 4. The predicted molar refractivity (Wildman–Crippen MR) is 153 cm³/mol. The lowest BCUT2D eigenvalue weighted by Gasteiger charge is -2.40. The van der Waals surface area contributed by atoms with Gasteiger partial charge in [0.1, 0.15) is 71.1 Å². The van der Waals surface area contributed by atoms with Crippen LogP contribution in [0.2, 0.25) is 0 Å². The molecular formula is C31H34O12. The molecule has 1 aromatic heterocycles. The topological polar surface area (TPSA) is 207 Å². The molecule has 230 valence electrons. The quantitative estimate of drug-likeness (QED) is 0.108. The maximum Gasteiger partial charge on any atom is 0.333 e. The largest absolute Gasteiger partial charge is 0.508 e. The van der Waals surface area contributed by atoms with E-state index < -0.39 is 71.2 Å². The van der Waals surface area contributed by atoms with Crippen LogP contribution in [-0.4, -0.2) is 78.3 Å². The van der Waals surface area contributed by atoms with Gasteiger partial charge in [-0.2, -0.15) is 0 Å². The molecule has 12 heteroatoms. The number of benzene rings is 2. The summed E-state index contributed by atoms with van der Waals surface area (Å²) < 4.78 is 16.7. The fourth-order valence-electron chi connectivity index (χ4n) is 4.72. The van der Waals surface area contributed by atoms with Crippen molar-refractivity contribution in [1.82, 2.24) is 0 Å². The molecule has 0 aliphatic carbocycles. The van der Waals surface area contributed by atoms with Crippen molar-refractivity contribution in [3.63, 3.8) is 0 Å². The van der Waals surface area contributed by atoms with E-state index in [1.165, 1.54) is 37.3 Å². The Bertz CT molecular complexity index is 1590. The number of phenolic OH excluding ortho intramolecular Hbond substituents is 3. The zero-order valence-electron chi connectivity index (χ0n) is 23.5. The van der Waals surface area contributed by atoms with Gasteiger partial charge >= 0.3 is 5.97 Å². The predicted octanol–water partition coefficient (Wildman–Crippen LogP) is 2.31. The number of phenols is 3. The Hall–Kier alpha value is -4.20. The summed E-state index contributed by atoms with van der Waals surface area (Å²) in [6.45, 7) is 6.05. The molecule has 2 aromatic carbocycles. The van der Waals surface area contributed by atoms with E-state index in [9.17, 15) is 45.3 Å². The highest BCUT2D eigenvalue weighted by molar-refractivity contribution is 5.88. The van der Waals surface area contributed by atoms with Gasteiger partial charge in [0.15, 0.2) is 5.43 Å². The summed E-state index contributed by atoms with van der Waals surface area (Å²) in [7, 11) is 0. The van der Waals surface area contributed by atoms with E-state index in [2.05, 4.69) is 6.58 Å². The molecule has 2 heterocycles. The number of esters is 1. The van der Waals surface area contributed by atoms with Gasteiger partial charge in [0.2, 0.25) is 0 Å². The van der Waals surface area contributed by atoms with E-state index in [4.69, 9.17) is 13.9 Å². The van der Waals surface area contributed by atoms with Gasteiger partial charge in [-0.15, -0.1) is 6.58 Å². The van der Waals surface area contributed by atoms with Crippen LogP contribution in [0.3, 0.4) is 0 Å². The first-order chi connectivity index (χ1) is 20.2. The van der Waals surface area contributed by atoms with Crippen molar-refractivity contribution in [2.24, 2.45) is 0 Å². The Morgan fingerprint density at radius 2 is 1.74 bits per heavy atom. The Morgan fingerprint density at radius 1 is 1.07 bits per heavy atom. The highest BCUT2D eigenvalue weighted by Gasteiger charge is 2.46. The van der Waals surface area contributed by atoms with Crippen LogP contribution in [0.4, 0.5) is 0 Å². The highest BCUT2D eigenvalue weighted by Crippen LogP contribution is 2.44. The van der Waals surface area contributed by atoms with Crippen molar-refractivity contribution in [1.29, 1.82) is 0 Å². The molecule has 0 bridgehead atoms. The first-order valence-corrected chi connectivity index (χ1v) is 13.5. The number of aliphatic hydroxyl groups excluding tert-OH is 3. The molecule has 1 aliphatic heterocycles. The smallest absolute Gasteiger partial charge is 0.333 e. The van der Waals surface area contributed by atoms with Gasteiger partial charge in [-0.3, -0.25) is 4.79 Å². The molecule has 0 amide bonds. The van der Waals surface area contributed by atoms with Gasteiger partial charge in [-0.25, -0.2) is 4.79 Å². The Balaban J connectivity index is 1.58. The van der Waals surface area contributed by atoms with Gasteiger partial charge in [0.25, 0.3) is 0 Å². The maximum absolute atomic E-state index is 13.0. The third-order valence-corrected chi connectivity index (χ3v) is 7.40. The van der Waals surface area contributed by atoms with Crippen molar-refractivity contribution < 1.29 is 54.4 Å². The second-order valence-electron chi connectivity index (χ2n) is 10.7. The monoisotopic (exact) mass is 598 g/mol. The van der Waals surface area contributed by atoms with Gasteiger partial charge in [-0.05, 0) is 51.0 Å². The number of aromatic hydroxyl groups is 3. The van der Waals surface area contributed by atoms with E-state index in [1.807, 2.05) is 0 Å². The summed E-state index contributed by atoms with van der Waals surface area (Å²) in [6, 6.07) is 7.92. The Labute approximate surface area is 246 Å². The summed E-state index contributed by atoms with van der Waals surface area (Å²) in [4.78, 5) is 25.5. The van der Waals surface area contributed by atoms with Crippen LogP contribution >= 0.6 is 0 Å². The van der Waals surface area contributed by atoms with Crippen LogP contribution in [0.15, 0.2) is 69.9 Å². The number of hydrogen-bond acceptors (Lipinski definition) is 12. The summed E-state index contributed by atoms with van der Waals surface area (Å²) in [6.07, 6.45) is -4.86. The first-order valence-electron chi connectivity index (χ1n) is 13.5. The molecule has 6 unspecified atom stereocenters. The number of carbonyl (C=O) groups excluding carboxylic acids is 1. The number of allylic oxidation sites excluding steroid dienone is 1. The minimum Gasteiger partial charge on any atom is -0.508 e. The standard InChI is InChI=1S/C31H34O12/c1-4-31(3,40)11-5-6-15(2)30(39)41-14-22-25(35)27(37)28(38)29(43-22)24-19(34)13-21-23(26(24)36)18(33)12-20(42-21)16-7-9-17(32)10-8-16/h4,6-10,12-13,22,25,27-29,32,34-38,40H,1,5,11,14H2,2-3H3. The van der Waals surface area contributed by atoms with Gasteiger partial charge < -0.3 is 49.6 Å². The minimum absolute atomic E-state index is 0.000664. The fraction of sp³-hybridized carbons (Fsp3) is 0.355. The molecule has 1 fully saturated rings. The molecule has 0 spiro atoms. The van der Waals surface area contributed by atoms with Crippen molar-refractivity contribution in [3.8, 4) is 28.6 Å². The molecule has 3 aromatic rings. The Kier molecular flexibility index (Phi) is 9.28. The van der Waals surface area contributed by atoms with E-state index in [0.29, 0.717) is 18.4 Å². The van der Waals surface area contributed by atoms with E-state index in [-0.39, 0.29) is 28.1 Å². The fourth-order valence-corrected chi connectivity index (χ4v) is 4.72. The second kappa shape index (κ2) is 12.6. The molecule has 1 aliphatic rings. The number of rotatable bonds is 9.